The lowest BCUT2D eigenvalue weighted by Gasteiger charge is -2.23. The van der Waals surface area contributed by atoms with Crippen molar-refractivity contribution in [3.63, 3.8) is 0 Å². The number of carbonyl (C=O) groups is 1. The summed E-state index contributed by atoms with van der Waals surface area (Å²) in [6, 6.07) is 6.14. The van der Waals surface area contributed by atoms with E-state index in [2.05, 4.69) is 4.98 Å². The highest BCUT2D eigenvalue weighted by Gasteiger charge is 2.33. The minimum Gasteiger partial charge on any atom is -0.341 e. The van der Waals surface area contributed by atoms with Gasteiger partial charge in [-0.2, -0.15) is 0 Å². The second-order valence-corrected chi connectivity index (χ2v) is 9.56. The number of hydrogen-bond donors (Lipinski definition) is 0. The van der Waals surface area contributed by atoms with E-state index in [0.29, 0.717) is 22.7 Å². The number of carbonyl (C=O) groups excluding carboxylic acids is 1. The number of halogens is 1. The molecule has 1 amide bonds. The Morgan fingerprint density at radius 1 is 1.40 bits per heavy atom. The molecule has 1 fully saturated rings. The van der Waals surface area contributed by atoms with Gasteiger partial charge in [0.2, 0.25) is 5.91 Å². The molecular weight excluding hydrogens is 363 g/mol. The first kappa shape index (κ1) is 18.0. The molecule has 134 valence electrons. The average Bonchev–Trinajstić information content (AvgIpc) is 3.09. The van der Waals surface area contributed by atoms with Crippen LogP contribution in [-0.2, 0) is 21.1 Å². The van der Waals surface area contributed by atoms with Gasteiger partial charge in [-0.05, 0) is 25.5 Å². The van der Waals surface area contributed by atoms with Crippen LogP contribution in [0, 0.1) is 12.7 Å². The van der Waals surface area contributed by atoms with Gasteiger partial charge in [-0.15, -0.1) is 11.3 Å². The molecule has 1 saturated heterocycles. The lowest BCUT2D eigenvalue weighted by molar-refractivity contribution is -0.130. The van der Waals surface area contributed by atoms with Crippen molar-refractivity contribution in [2.24, 2.45) is 0 Å². The summed E-state index contributed by atoms with van der Waals surface area (Å²) < 4.78 is 37.1. The van der Waals surface area contributed by atoms with Gasteiger partial charge in [-0.3, -0.25) is 4.79 Å². The Hall–Kier alpha value is -1.80. The van der Waals surface area contributed by atoms with Crippen LogP contribution in [0.5, 0.6) is 0 Å². The number of amides is 1. The van der Waals surface area contributed by atoms with Crippen LogP contribution in [0.1, 0.15) is 17.0 Å². The largest absolute Gasteiger partial charge is 0.341 e. The lowest BCUT2D eigenvalue weighted by Crippen LogP contribution is -2.38. The van der Waals surface area contributed by atoms with E-state index in [1.807, 2.05) is 0 Å². The highest BCUT2D eigenvalue weighted by molar-refractivity contribution is 7.91. The zero-order valence-corrected chi connectivity index (χ0v) is 15.7. The summed E-state index contributed by atoms with van der Waals surface area (Å²) in [6.07, 6.45) is 0.623. The topological polar surface area (TPSA) is 67.3 Å². The smallest absolute Gasteiger partial charge is 0.227 e. The Bertz CT molecular complexity index is 908. The van der Waals surface area contributed by atoms with Crippen molar-refractivity contribution < 1.29 is 17.6 Å². The van der Waals surface area contributed by atoms with Crippen LogP contribution >= 0.6 is 11.3 Å². The maximum atomic E-state index is 13.9. The molecule has 3 rings (SSSR count). The minimum absolute atomic E-state index is 0.0252. The summed E-state index contributed by atoms with van der Waals surface area (Å²) in [7, 11) is -1.40. The molecule has 0 bridgehead atoms. The fourth-order valence-electron chi connectivity index (χ4n) is 2.89. The van der Waals surface area contributed by atoms with E-state index in [-0.39, 0.29) is 35.7 Å². The molecular formula is C17H19FN2O3S2. The van der Waals surface area contributed by atoms with Gasteiger partial charge in [-0.1, -0.05) is 12.1 Å². The predicted molar refractivity (Wildman–Crippen MR) is 95.8 cm³/mol. The van der Waals surface area contributed by atoms with Crippen LogP contribution in [0.4, 0.5) is 4.39 Å². The minimum atomic E-state index is -3.04. The van der Waals surface area contributed by atoms with Crippen LogP contribution in [0.2, 0.25) is 0 Å². The number of benzene rings is 1. The predicted octanol–water partition coefficient (Wildman–Crippen LogP) is 2.45. The average molecular weight is 382 g/mol. The molecule has 0 N–H and O–H groups in total. The third-order valence-electron chi connectivity index (χ3n) is 4.46. The van der Waals surface area contributed by atoms with E-state index in [1.165, 1.54) is 22.3 Å². The number of nitrogens with zero attached hydrogens (tertiary/aromatic N) is 2. The van der Waals surface area contributed by atoms with Gasteiger partial charge < -0.3 is 4.90 Å². The fraction of sp³-hybridized carbons (Fsp3) is 0.412. The van der Waals surface area contributed by atoms with E-state index < -0.39 is 9.84 Å². The van der Waals surface area contributed by atoms with Gasteiger partial charge in [-0.25, -0.2) is 17.8 Å². The molecule has 1 aliphatic heterocycles. The third-order valence-corrected chi connectivity index (χ3v) is 7.40. The number of likely N-dealkylation sites (N-methyl/N-ethyl adjacent to an activating group) is 1. The third kappa shape index (κ3) is 3.90. The Kier molecular flexibility index (Phi) is 4.92. The molecule has 25 heavy (non-hydrogen) atoms. The van der Waals surface area contributed by atoms with Crippen molar-refractivity contribution in [3.05, 3.63) is 40.7 Å². The second-order valence-electron chi connectivity index (χ2n) is 6.25. The molecule has 0 saturated carbocycles. The van der Waals surface area contributed by atoms with E-state index in [9.17, 15) is 17.6 Å². The van der Waals surface area contributed by atoms with Crippen molar-refractivity contribution in [3.8, 4) is 10.6 Å². The monoisotopic (exact) mass is 382 g/mol. The number of sulfone groups is 1. The Morgan fingerprint density at radius 3 is 2.76 bits per heavy atom. The molecule has 2 heterocycles. The van der Waals surface area contributed by atoms with Crippen LogP contribution in [-0.4, -0.2) is 48.8 Å². The number of thiazole rings is 1. The standard InChI is InChI=1S/C17H19FN2O3S2/c1-11-15(24-17(19-11)13-5-3-4-6-14(13)18)9-16(21)20(2)12-7-8-25(22,23)10-12/h3-6,12H,7-10H2,1-2H3. The molecule has 1 unspecified atom stereocenters. The maximum absolute atomic E-state index is 13.9. The summed E-state index contributed by atoms with van der Waals surface area (Å²) in [5.41, 5.74) is 1.12. The summed E-state index contributed by atoms with van der Waals surface area (Å²) in [5, 5.41) is 0.546. The molecule has 0 aliphatic carbocycles. The summed E-state index contributed by atoms with van der Waals surface area (Å²) in [5.74, 6) is -0.333. The first-order valence-electron chi connectivity index (χ1n) is 7.94. The van der Waals surface area contributed by atoms with Crippen LogP contribution in [0.15, 0.2) is 24.3 Å². The van der Waals surface area contributed by atoms with Gasteiger partial charge in [0.1, 0.15) is 10.8 Å². The van der Waals surface area contributed by atoms with Crippen molar-refractivity contribution >= 4 is 27.1 Å². The summed E-state index contributed by atoms with van der Waals surface area (Å²) in [6.45, 7) is 1.80. The zero-order chi connectivity index (χ0) is 18.2. The van der Waals surface area contributed by atoms with Crippen molar-refractivity contribution in [1.29, 1.82) is 0 Å². The van der Waals surface area contributed by atoms with Gasteiger partial charge in [0.05, 0.1) is 23.6 Å². The molecule has 8 heteroatoms. The van der Waals surface area contributed by atoms with E-state index in [0.717, 1.165) is 4.88 Å². The maximum Gasteiger partial charge on any atom is 0.227 e. The normalized spacial score (nSPS) is 19.1. The van der Waals surface area contributed by atoms with E-state index >= 15 is 0 Å². The van der Waals surface area contributed by atoms with Crippen molar-refractivity contribution in [1.82, 2.24) is 9.88 Å². The molecule has 0 radical (unpaired) electrons. The Balaban J connectivity index is 1.75. The van der Waals surface area contributed by atoms with Gasteiger partial charge in [0, 0.05) is 23.5 Å². The van der Waals surface area contributed by atoms with Gasteiger partial charge >= 0.3 is 0 Å². The number of aryl methyl sites for hydroxylation is 1. The summed E-state index contributed by atoms with van der Waals surface area (Å²) in [4.78, 5) is 19.2. The molecule has 1 aromatic carbocycles. The molecule has 2 aromatic rings. The molecule has 1 aromatic heterocycles. The number of hydrogen-bond acceptors (Lipinski definition) is 5. The Labute approximate surface area is 150 Å². The van der Waals surface area contributed by atoms with Crippen molar-refractivity contribution in [2.75, 3.05) is 18.6 Å². The highest BCUT2D eigenvalue weighted by atomic mass is 32.2. The van der Waals surface area contributed by atoms with Crippen LogP contribution in [0.25, 0.3) is 10.6 Å². The van der Waals surface area contributed by atoms with E-state index in [4.69, 9.17) is 0 Å². The van der Waals surface area contributed by atoms with Gasteiger partial charge in [0.25, 0.3) is 0 Å². The van der Waals surface area contributed by atoms with Crippen LogP contribution in [0.3, 0.4) is 0 Å². The number of rotatable bonds is 4. The Morgan fingerprint density at radius 2 is 2.12 bits per heavy atom. The van der Waals surface area contributed by atoms with Crippen molar-refractivity contribution in [2.45, 2.75) is 25.8 Å². The molecule has 1 atom stereocenters. The molecule has 1 aliphatic rings. The first-order valence-corrected chi connectivity index (χ1v) is 10.6. The SMILES string of the molecule is Cc1nc(-c2ccccc2F)sc1CC(=O)N(C)C1CCS(=O)(=O)C1. The zero-order valence-electron chi connectivity index (χ0n) is 14.0. The van der Waals surface area contributed by atoms with Gasteiger partial charge in [0.15, 0.2) is 9.84 Å². The van der Waals surface area contributed by atoms with E-state index in [1.54, 1.807) is 32.2 Å². The van der Waals surface area contributed by atoms with Crippen LogP contribution < -0.4 is 0 Å². The lowest BCUT2D eigenvalue weighted by atomic mass is 10.2. The fourth-order valence-corrected chi connectivity index (χ4v) is 5.74. The number of aromatic nitrogens is 1. The summed E-state index contributed by atoms with van der Waals surface area (Å²) >= 11 is 1.30. The molecule has 5 nitrogen and oxygen atoms in total. The first-order chi connectivity index (χ1) is 11.8. The molecule has 0 spiro atoms. The quantitative estimate of drug-likeness (QED) is 0.815. The highest BCUT2D eigenvalue weighted by Crippen LogP contribution is 2.30. The second kappa shape index (κ2) is 6.84.